The zero-order chi connectivity index (χ0) is 21.6. The van der Waals surface area contributed by atoms with Crippen molar-refractivity contribution in [1.29, 1.82) is 0 Å². The highest BCUT2D eigenvalue weighted by Gasteiger charge is 2.21. The van der Waals surface area contributed by atoms with Gasteiger partial charge in [-0.2, -0.15) is 0 Å². The molecule has 1 N–H and O–H groups in total. The zero-order valence-electron chi connectivity index (χ0n) is 19.2. The third-order valence-electron chi connectivity index (χ3n) is 5.67. The summed E-state index contributed by atoms with van der Waals surface area (Å²) in [5.41, 5.74) is 3.87. The van der Waals surface area contributed by atoms with Crippen LogP contribution in [0.25, 0.3) is 0 Å². The molecule has 2 aromatic carbocycles. The highest BCUT2D eigenvalue weighted by atomic mass is 127. The van der Waals surface area contributed by atoms with Crippen molar-refractivity contribution < 1.29 is 9.47 Å². The number of hydrogen-bond acceptors (Lipinski definition) is 5. The van der Waals surface area contributed by atoms with Crippen LogP contribution < -0.4 is 14.8 Å². The summed E-state index contributed by atoms with van der Waals surface area (Å²) in [6, 6.07) is 15.0. The van der Waals surface area contributed by atoms with Gasteiger partial charge in [-0.3, -0.25) is 9.89 Å². The number of ether oxygens (including phenoxy) is 2. The Morgan fingerprint density at radius 3 is 2.47 bits per heavy atom. The number of nitrogens with zero attached hydrogens (tertiary/aromatic N) is 4. The van der Waals surface area contributed by atoms with Gasteiger partial charge in [-0.1, -0.05) is 30.3 Å². The van der Waals surface area contributed by atoms with Gasteiger partial charge < -0.3 is 24.6 Å². The van der Waals surface area contributed by atoms with Crippen LogP contribution >= 0.6 is 24.0 Å². The first-order chi connectivity index (χ1) is 15.1. The van der Waals surface area contributed by atoms with Crippen molar-refractivity contribution >= 4 is 29.9 Å². The van der Waals surface area contributed by atoms with E-state index < -0.39 is 0 Å². The SMILES string of the molecule is CN=C(NCc1cccc(CN(C)C)c1)N1CCN(Cc2ccc3c(c2)OCO3)CC1.I. The number of hydrogen-bond donors (Lipinski definition) is 1. The molecule has 2 aliphatic rings. The minimum atomic E-state index is 0. The lowest BCUT2D eigenvalue weighted by molar-refractivity contribution is 0.171. The second-order valence-corrected chi connectivity index (χ2v) is 8.41. The first-order valence-electron chi connectivity index (χ1n) is 10.9. The maximum atomic E-state index is 5.51. The maximum Gasteiger partial charge on any atom is 0.231 e. The van der Waals surface area contributed by atoms with Crippen LogP contribution in [-0.2, 0) is 19.6 Å². The second kappa shape index (κ2) is 11.7. The smallest absolute Gasteiger partial charge is 0.231 e. The molecule has 0 saturated carbocycles. The summed E-state index contributed by atoms with van der Waals surface area (Å²) in [5, 5.41) is 3.54. The van der Waals surface area contributed by atoms with Gasteiger partial charge in [0.05, 0.1) is 0 Å². The molecule has 0 amide bonds. The highest BCUT2D eigenvalue weighted by molar-refractivity contribution is 14.0. The third-order valence-corrected chi connectivity index (χ3v) is 5.67. The number of rotatable bonds is 6. The fourth-order valence-electron chi connectivity index (χ4n) is 4.13. The molecule has 32 heavy (non-hydrogen) atoms. The van der Waals surface area contributed by atoms with E-state index in [1.165, 1.54) is 16.7 Å². The van der Waals surface area contributed by atoms with Crippen molar-refractivity contribution in [1.82, 2.24) is 20.0 Å². The molecule has 1 fully saturated rings. The van der Waals surface area contributed by atoms with Gasteiger partial charge in [0.25, 0.3) is 0 Å². The molecule has 0 aliphatic carbocycles. The average Bonchev–Trinajstić information content (AvgIpc) is 3.23. The number of piperazine rings is 1. The minimum Gasteiger partial charge on any atom is -0.454 e. The molecule has 0 aromatic heterocycles. The van der Waals surface area contributed by atoms with Gasteiger partial charge in [-0.05, 0) is 42.9 Å². The van der Waals surface area contributed by atoms with E-state index in [-0.39, 0.29) is 24.0 Å². The van der Waals surface area contributed by atoms with E-state index in [4.69, 9.17) is 9.47 Å². The molecule has 2 aromatic rings. The Hall–Kier alpha value is -2.04. The number of benzene rings is 2. The van der Waals surface area contributed by atoms with Crippen LogP contribution in [0.5, 0.6) is 11.5 Å². The third kappa shape index (κ3) is 6.49. The monoisotopic (exact) mass is 551 g/mol. The molecule has 0 unspecified atom stereocenters. The molecular weight excluding hydrogens is 517 g/mol. The minimum absolute atomic E-state index is 0. The quantitative estimate of drug-likeness (QED) is 0.339. The summed E-state index contributed by atoms with van der Waals surface area (Å²) in [4.78, 5) is 11.5. The lowest BCUT2D eigenvalue weighted by atomic mass is 10.1. The Morgan fingerprint density at radius 2 is 1.72 bits per heavy atom. The van der Waals surface area contributed by atoms with Crippen molar-refractivity contribution in [2.75, 3.05) is 54.1 Å². The van der Waals surface area contributed by atoms with E-state index in [1.54, 1.807) is 0 Å². The Kier molecular flexibility index (Phi) is 9.01. The summed E-state index contributed by atoms with van der Waals surface area (Å²) in [7, 11) is 6.06. The molecule has 2 aliphatic heterocycles. The van der Waals surface area contributed by atoms with Gasteiger partial charge >= 0.3 is 0 Å². The van der Waals surface area contributed by atoms with E-state index in [1.807, 2.05) is 13.1 Å². The molecule has 0 spiro atoms. The normalized spacial score (nSPS) is 16.2. The number of nitrogens with one attached hydrogen (secondary N) is 1. The van der Waals surface area contributed by atoms with Crippen LogP contribution in [0, 0.1) is 0 Å². The summed E-state index contributed by atoms with van der Waals surface area (Å²) in [6.45, 7) is 6.93. The average molecular weight is 551 g/mol. The first kappa shape index (κ1) is 24.6. The van der Waals surface area contributed by atoms with E-state index in [0.717, 1.165) is 63.3 Å². The van der Waals surface area contributed by atoms with Crippen molar-refractivity contribution in [2.45, 2.75) is 19.6 Å². The molecule has 4 rings (SSSR count). The second-order valence-electron chi connectivity index (χ2n) is 8.41. The fraction of sp³-hybridized carbons (Fsp3) is 0.458. The maximum absolute atomic E-state index is 5.51. The lowest BCUT2D eigenvalue weighted by Crippen LogP contribution is -2.52. The fourth-order valence-corrected chi connectivity index (χ4v) is 4.13. The van der Waals surface area contributed by atoms with Gasteiger partial charge in [-0.15, -0.1) is 24.0 Å². The zero-order valence-corrected chi connectivity index (χ0v) is 21.5. The lowest BCUT2D eigenvalue weighted by Gasteiger charge is -2.36. The van der Waals surface area contributed by atoms with Gasteiger partial charge in [-0.25, -0.2) is 0 Å². The molecule has 0 bridgehead atoms. The van der Waals surface area contributed by atoms with E-state index in [0.29, 0.717) is 6.79 Å². The predicted molar refractivity (Wildman–Crippen MR) is 139 cm³/mol. The van der Waals surface area contributed by atoms with Gasteiger partial charge in [0.1, 0.15) is 0 Å². The van der Waals surface area contributed by atoms with Crippen LogP contribution in [0.2, 0.25) is 0 Å². The summed E-state index contributed by atoms with van der Waals surface area (Å²) in [5.74, 6) is 2.67. The van der Waals surface area contributed by atoms with Crippen molar-refractivity contribution in [3.8, 4) is 11.5 Å². The molecule has 1 saturated heterocycles. The van der Waals surface area contributed by atoms with E-state index in [9.17, 15) is 0 Å². The van der Waals surface area contributed by atoms with Crippen LogP contribution in [0.4, 0.5) is 0 Å². The summed E-state index contributed by atoms with van der Waals surface area (Å²) in [6.07, 6.45) is 0. The first-order valence-corrected chi connectivity index (χ1v) is 10.9. The van der Waals surface area contributed by atoms with Gasteiger partial charge in [0.15, 0.2) is 17.5 Å². The number of aliphatic imine (C=N–C) groups is 1. The van der Waals surface area contributed by atoms with E-state index in [2.05, 4.69) is 75.5 Å². The van der Waals surface area contributed by atoms with Crippen molar-refractivity contribution in [3.05, 3.63) is 59.2 Å². The van der Waals surface area contributed by atoms with Crippen LogP contribution in [0.3, 0.4) is 0 Å². The molecule has 8 heteroatoms. The summed E-state index contributed by atoms with van der Waals surface area (Å²) >= 11 is 0. The van der Waals surface area contributed by atoms with Crippen molar-refractivity contribution in [3.63, 3.8) is 0 Å². The highest BCUT2D eigenvalue weighted by Crippen LogP contribution is 2.32. The van der Waals surface area contributed by atoms with E-state index >= 15 is 0 Å². The Bertz CT molecular complexity index is 913. The summed E-state index contributed by atoms with van der Waals surface area (Å²) < 4.78 is 10.9. The Balaban J connectivity index is 0.00000289. The molecular formula is C24H34IN5O2. The largest absolute Gasteiger partial charge is 0.454 e. The molecule has 174 valence electrons. The van der Waals surface area contributed by atoms with Gasteiger partial charge in [0, 0.05) is 52.9 Å². The van der Waals surface area contributed by atoms with Crippen LogP contribution in [0.1, 0.15) is 16.7 Å². The molecule has 0 atom stereocenters. The molecule has 7 nitrogen and oxygen atoms in total. The topological polar surface area (TPSA) is 52.6 Å². The Morgan fingerprint density at radius 1 is 0.969 bits per heavy atom. The number of guanidine groups is 1. The standard InChI is InChI=1S/C24H33N5O2.HI/c1-25-24(26-15-19-5-4-6-20(13-19)16-27(2)3)29-11-9-28(10-12-29)17-21-7-8-22-23(14-21)31-18-30-22;/h4-8,13-14H,9-12,15-18H2,1-3H3,(H,25,26);1H. The van der Waals surface area contributed by atoms with Crippen molar-refractivity contribution in [2.24, 2.45) is 4.99 Å². The number of halogens is 1. The number of fused-ring (bicyclic) bond motifs is 1. The van der Waals surface area contributed by atoms with Crippen LogP contribution in [-0.4, -0.2) is 74.8 Å². The molecule has 0 radical (unpaired) electrons. The molecule has 2 heterocycles. The predicted octanol–water partition coefficient (Wildman–Crippen LogP) is 2.99. The van der Waals surface area contributed by atoms with Crippen LogP contribution in [0.15, 0.2) is 47.5 Å². The van der Waals surface area contributed by atoms with Gasteiger partial charge in [0.2, 0.25) is 6.79 Å². The Labute approximate surface area is 208 Å².